The van der Waals surface area contributed by atoms with Crippen molar-refractivity contribution >= 4 is 11.6 Å². The molecule has 2 N–H and O–H groups in total. The first kappa shape index (κ1) is 27.7. The predicted octanol–water partition coefficient (Wildman–Crippen LogP) is 7.72. The lowest BCUT2D eigenvalue weighted by atomic mass is 9.68. The number of aryl methyl sites for hydroxylation is 2. The zero-order valence-corrected chi connectivity index (χ0v) is 25.3. The lowest BCUT2D eigenvalue weighted by Crippen LogP contribution is -2.33. The average molecular weight is 563 g/mol. The van der Waals surface area contributed by atoms with Crippen LogP contribution in [0.5, 0.6) is 0 Å². The van der Waals surface area contributed by atoms with Gasteiger partial charge in [-0.05, 0) is 114 Å². The second-order valence-electron chi connectivity index (χ2n) is 14.6. The largest absolute Gasteiger partial charge is 0.385 e. The molecule has 0 radical (unpaired) electrons. The minimum absolute atomic E-state index is 0.152. The van der Waals surface area contributed by atoms with Gasteiger partial charge in [0, 0.05) is 46.8 Å². The fourth-order valence-electron chi connectivity index (χ4n) is 9.36. The number of benzene rings is 2. The summed E-state index contributed by atoms with van der Waals surface area (Å²) in [6.45, 7) is 4.10. The van der Waals surface area contributed by atoms with Crippen molar-refractivity contribution in [3.8, 4) is 0 Å². The lowest BCUT2D eigenvalue weighted by Gasteiger charge is -2.37. The van der Waals surface area contributed by atoms with E-state index in [0.29, 0.717) is 23.9 Å². The molecule has 2 aromatic rings. The van der Waals surface area contributed by atoms with Gasteiger partial charge in [-0.15, -0.1) is 0 Å². The maximum Gasteiger partial charge on any atom is 0.187 e. The molecular formula is C38H46N2O2. The van der Waals surface area contributed by atoms with E-state index < -0.39 is 0 Å². The fourth-order valence-corrected chi connectivity index (χ4v) is 9.36. The van der Waals surface area contributed by atoms with Crippen LogP contribution in [0.2, 0.25) is 0 Å². The summed E-state index contributed by atoms with van der Waals surface area (Å²) in [4.78, 5) is 25.0. The van der Waals surface area contributed by atoms with Gasteiger partial charge in [0.1, 0.15) is 0 Å². The van der Waals surface area contributed by atoms with Crippen LogP contribution >= 0.6 is 0 Å². The van der Waals surface area contributed by atoms with Crippen molar-refractivity contribution in [2.75, 3.05) is 0 Å². The van der Waals surface area contributed by atoms with Gasteiger partial charge in [0.25, 0.3) is 0 Å². The van der Waals surface area contributed by atoms with Gasteiger partial charge in [-0.1, -0.05) is 59.7 Å². The molecule has 4 aliphatic carbocycles. The van der Waals surface area contributed by atoms with Crippen molar-refractivity contribution in [3.05, 3.63) is 94.3 Å². The molecule has 42 heavy (non-hydrogen) atoms. The summed E-state index contributed by atoms with van der Waals surface area (Å²) in [7, 11) is 0. The fraction of sp³-hybridized carbons (Fsp3) is 0.526. The highest BCUT2D eigenvalue weighted by molar-refractivity contribution is 6.05. The Kier molecular flexibility index (Phi) is 7.58. The topological polar surface area (TPSA) is 58.2 Å². The second-order valence-corrected chi connectivity index (χ2v) is 14.6. The van der Waals surface area contributed by atoms with Gasteiger partial charge in [0.15, 0.2) is 11.6 Å². The number of carbonyl (C=O) groups is 2. The van der Waals surface area contributed by atoms with E-state index in [0.717, 1.165) is 34.8 Å². The highest BCUT2D eigenvalue weighted by Gasteiger charge is 2.42. The lowest BCUT2D eigenvalue weighted by molar-refractivity contribution is 0.103. The first-order valence-corrected chi connectivity index (χ1v) is 16.5. The van der Waals surface area contributed by atoms with Crippen LogP contribution in [0, 0.1) is 49.4 Å². The molecule has 10 rings (SSSR count). The smallest absolute Gasteiger partial charge is 0.187 e. The molecule has 0 spiro atoms. The molecule has 2 aromatic carbocycles. The van der Waals surface area contributed by atoms with Crippen molar-refractivity contribution in [2.45, 2.75) is 90.1 Å². The van der Waals surface area contributed by atoms with Crippen LogP contribution in [0.25, 0.3) is 0 Å². The summed E-state index contributed by atoms with van der Waals surface area (Å²) in [5.41, 5.74) is 6.44. The molecular weight excluding hydrogens is 516 g/mol. The number of allylic oxidation sites excluding steroid dienone is 4. The molecule has 4 heterocycles. The SMILES string of the molecule is Cc1ccc(C(=O)/C=C2\NC3C[C@@H]4CC2C[C@H](C3)C4)cc1.Cc1ccc(C(=O)/C=C2\NC3C[C@@H]4CC2C[C@H](C3)C4)cc1. The number of hydrogen-bond donors (Lipinski definition) is 2. The monoisotopic (exact) mass is 562 g/mol. The number of rotatable bonds is 4. The minimum Gasteiger partial charge on any atom is -0.385 e. The maximum absolute atomic E-state index is 12.5. The Balaban J connectivity index is 0.000000137. The Labute approximate surface area is 251 Å². The third-order valence-electron chi connectivity index (χ3n) is 11.1. The first-order chi connectivity index (χ1) is 20.3. The van der Waals surface area contributed by atoms with E-state index in [1.807, 2.05) is 60.7 Å². The molecule has 8 atom stereocenters. The molecule has 4 heteroatoms. The highest BCUT2D eigenvalue weighted by atomic mass is 16.1. The molecule has 4 nitrogen and oxygen atoms in total. The molecule has 8 bridgehead atoms. The van der Waals surface area contributed by atoms with E-state index in [2.05, 4.69) is 24.5 Å². The molecule has 8 aliphatic rings. The van der Waals surface area contributed by atoms with Crippen molar-refractivity contribution in [3.63, 3.8) is 0 Å². The van der Waals surface area contributed by atoms with E-state index >= 15 is 0 Å². The second kappa shape index (κ2) is 11.5. The van der Waals surface area contributed by atoms with E-state index in [-0.39, 0.29) is 11.6 Å². The van der Waals surface area contributed by atoms with Crippen molar-refractivity contribution < 1.29 is 9.59 Å². The summed E-state index contributed by atoms with van der Waals surface area (Å²) in [5.74, 6) is 5.05. The van der Waals surface area contributed by atoms with E-state index in [4.69, 9.17) is 0 Å². The normalized spacial score (nSPS) is 35.6. The Morgan fingerprint density at radius 3 is 1.19 bits per heavy atom. The van der Waals surface area contributed by atoms with Crippen LogP contribution in [0.4, 0.5) is 0 Å². The zero-order chi connectivity index (χ0) is 28.8. The molecule has 0 aromatic heterocycles. The highest BCUT2D eigenvalue weighted by Crippen LogP contribution is 2.48. The summed E-state index contributed by atoms with van der Waals surface area (Å²) in [6, 6.07) is 17.0. The Morgan fingerprint density at radius 2 is 0.857 bits per heavy atom. The van der Waals surface area contributed by atoms with Crippen molar-refractivity contribution in [1.82, 2.24) is 10.6 Å². The number of ketones is 2. The van der Waals surface area contributed by atoms with Gasteiger partial charge >= 0.3 is 0 Å². The van der Waals surface area contributed by atoms with Gasteiger partial charge in [0.05, 0.1) is 0 Å². The number of fused-ring (bicyclic) bond motifs is 2. The standard InChI is InChI=1S/2C19H23NO/c2*1-12-2-4-15(5-3-12)19(21)11-18-16-7-13-6-14(8-16)10-17(9-13)20-18/h2*2-5,11,13-14,16-17,20H,6-10H2,1H3/b2*18-11-/t2*13-,14+,16?,17?. The van der Waals surface area contributed by atoms with E-state index in [1.54, 1.807) is 0 Å². The molecule has 4 saturated carbocycles. The van der Waals surface area contributed by atoms with Crippen LogP contribution in [0.1, 0.15) is 96.1 Å². The average Bonchev–Trinajstić information content (AvgIpc) is 3.26. The summed E-state index contributed by atoms with van der Waals surface area (Å²) in [5, 5.41) is 7.38. The third-order valence-corrected chi connectivity index (χ3v) is 11.1. The molecule has 4 unspecified atom stereocenters. The van der Waals surface area contributed by atoms with E-state index in [9.17, 15) is 9.59 Å². The maximum atomic E-state index is 12.5. The molecule has 4 aliphatic heterocycles. The molecule has 8 fully saturated rings. The Bertz CT molecular complexity index is 1250. The van der Waals surface area contributed by atoms with Gasteiger partial charge in [-0.3, -0.25) is 9.59 Å². The predicted molar refractivity (Wildman–Crippen MR) is 168 cm³/mol. The number of carbonyl (C=O) groups excluding carboxylic acids is 2. The van der Waals surface area contributed by atoms with E-state index in [1.165, 1.54) is 86.7 Å². The van der Waals surface area contributed by atoms with Crippen LogP contribution in [-0.2, 0) is 0 Å². The van der Waals surface area contributed by atoms with Gasteiger partial charge in [0.2, 0.25) is 0 Å². The minimum atomic E-state index is 0.152. The molecule has 220 valence electrons. The Morgan fingerprint density at radius 1 is 0.524 bits per heavy atom. The quantitative estimate of drug-likeness (QED) is 0.296. The van der Waals surface area contributed by atoms with Crippen LogP contribution in [0.3, 0.4) is 0 Å². The molecule has 4 saturated heterocycles. The molecule has 0 amide bonds. The summed E-state index contributed by atoms with van der Waals surface area (Å²) >= 11 is 0. The Hall–Kier alpha value is -3.14. The van der Waals surface area contributed by atoms with Crippen LogP contribution in [0.15, 0.2) is 72.1 Å². The summed E-state index contributed by atoms with van der Waals surface area (Å²) in [6.07, 6.45) is 17.0. The van der Waals surface area contributed by atoms with Crippen molar-refractivity contribution in [1.29, 1.82) is 0 Å². The number of hydrogen-bond acceptors (Lipinski definition) is 4. The van der Waals surface area contributed by atoms with Crippen LogP contribution in [-0.4, -0.2) is 23.7 Å². The first-order valence-electron chi connectivity index (χ1n) is 16.5. The third kappa shape index (κ3) is 6.00. The van der Waals surface area contributed by atoms with Gasteiger partial charge in [-0.2, -0.15) is 0 Å². The van der Waals surface area contributed by atoms with Gasteiger partial charge in [-0.25, -0.2) is 0 Å². The summed E-state index contributed by atoms with van der Waals surface area (Å²) < 4.78 is 0. The zero-order valence-electron chi connectivity index (χ0n) is 25.3. The van der Waals surface area contributed by atoms with Crippen molar-refractivity contribution in [2.24, 2.45) is 35.5 Å². The van der Waals surface area contributed by atoms with Crippen LogP contribution < -0.4 is 10.6 Å². The van der Waals surface area contributed by atoms with Gasteiger partial charge < -0.3 is 10.6 Å². The number of nitrogens with one attached hydrogen (secondary N) is 2.